The highest BCUT2D eigenvalue weighted by Crippen LogP contribution is 2.19. The summed E-state index contributed by atoms with van der Waals surface area (Å²) in [5.41, 5.74) is 3.11. The molecule has 0 bridgehead atoms. The SMILES string of the molecule is Cc1ccc(C(=O)N2CCN(Cc3nc(C)c(C)s3)CC2)cc1. The minimum absolute atomic E-state index is 0.144. The average molecular weight is 329 g/mol. The van der Waals surface area contributed by atoms with Gasteiger partial charge in [0.15, 0.2) is 0 Å². The fourth-order valence-electron chi connectivity index (χ4n) is 2.79. The molecule has 2 aromatic rings. The Morgan fingerprint density at radius 2 is 1.74 bits per heavy atom. The highest BCUT2D eigenvalue weighted by molar-refractivity contribution is 7.11. The van der Waals surface area contributed by atoms with Gasteiger partial charge >= 0.3 is 0 Å². The Morgan fingerprint density at radius 1 is 1.09 bits per heavy atom. The third-order valence-electron chi connectivity index (χ3n) is 4.39. The molecule has 1 amide bonds. The van der Waals surface area contributed by atoms with Crippen LogP contribution in [0.3, 0.4) is 0 Å². The molecule has 0 N–H and O–H groups in total. The first-order valence-electron chi connectivity index (χ1n) is 8.04. The summed E-state index contributed by atoms with van der Waals surface area (Å²) in [6.07, 6.45) is 0. The first kappa shape index (κ1) is 16.1. The van der Waals surface area contributed by atoms with Crippen LogP contribution in [0.5, 0.6) is 0 Å². The highest BCUT2D eigenvalue weighted by Gasteiger charge is 2.22. The zero-order valence-electron chi connectivity index (χ0n) is 14.0. The summed E-state index contributed by atoms with van der Waals surface area (Å²) >= 11 is 1.78. The number of benzene rings is 1. The second-order valence-electron chi connectivity index (χ2n) is 6.18. The summed E-state index contributed by atoms with van der Waals surface area (Å²) in [5.74, 6) is 0.144. The van der Waals surface area contributed by atoms with Crippen LogP contribution in [-0.4, -0.2) is 46.9 Å². The molecule has 4 nitrogen and oxygen atoms in total. The molecule has 0 spiro atoms. The van der Waals surface area contributed by atoms with Crippen molar-refractivity contribution >= 4 is 17.2 Å². The van der Waals surface area contributed by atoms with Gasteiger partial charge in [0.25, 0.3) is 5.91 Å². The van der Waals surface area contributed by atoms with Crippen molar-refractivity contribution in [3.8, 4) is 0 Å². The van der Waals surface area contributed by atoms with E-state index in [0.29, 0.717) is 0 Å². The highest BCUT2D eigenvalue weighted by atomic mass is 32.1. The number of aryl methyl sites for hydroxylation is 3. The summed E-state index contributed by atoms with van der Waals surface area (Å²) in [5, 5.41) is 1.18. The van der Waals surface area contributed by atoms with Crippen LogP contribution in [0.25, 0.3) is 0 Å². The number of hydrogen-bond donors (Lipinski definition) is 0. The Labute approximate surface area is 141 Å². The van der Waals surface area contributed by atoms with Gasteiger partial charge in [-0.15, -0.1) is 11.3 Å². The van der Waals surface area contributed by atoms with Gasteiger partial charge in [0.05, 0.1) is 12.2 Å². The molecular formula is C18H23N3OS. The zero-order valence-corrected chi connectivity index (χ0v) is 14.8. The molecule has 1 saturated heterocycles. The standard InChI is InChI=1S/C18H23N3OS/c1-13-4-6-16(7-5-13)18(22)21-10-8-20(9-11-21)12-17-19-14(2)15(3)23-17/h4-7H,8-12H2,1-3H3. The number of rotatable bonds is 3. The van der Waals surface area contributed by atoms with Gasteiger partial charge in [-0.25, -0.2) is 4.98 Å². The van der Waals surface area contributed by atoms with Crippen molar-refractivity contribution in [3.05, 3.63) is 51.0 Å². The number of amides is 1. The van der Waals surface area contributed by atoms with E-state index in [2.05, 4.69) is 23.7 Å². The van der Waals surface area contributed by atoms with Crippen LogP contribution < -0.4 is 0 Å². The molecule has 3 rings (SSSR count). The number of carbonyl (C=O) groups excluding carboxylic acids is 1. The van der Waals surface area contributed by atoms with Crippen molar-refractivity contribution in [3.63, 3.8) is 0 Å². The van der Waals surface area contributed by atoms with Crippen molar-refractivity contribution in [1.82, 2.24) is 14.8 Å². The van der Waals surface area contributed by atoms with Crippen LogP contribution in [0.4, 0.5) is 0 Å². The molecule has 0 unspecified atom stereocenters. The minimum atomic E-state index is 0.144. The number of thiazole rings is 1. The van der Waals surface area contributed by atoms with Gasteiger partial charge in [-0.05, 0) is 32.9 Å². The molecule has 2 heterocycles. The molecule has 0 saturated carbocycles. The summed E-state index contributed by atoms with van der Waals surface area (Å²) in [6, 6.07) is 7.84. The van der Waals surface area contributed by atoms with Gasteiger partial charge in [0.1, 0.15) is 5.01 Å². The van der Waals surface area contributed by atoms with E-state index in [0.717, 1.165) is 44.0 Å². The molecular weight excluding hydrogens is 306 g/mol. The predicted octanol–water partition coefficient (Wildman–Crippen LogP) is 3.03. The van der Waals surface area contributed by atoms with Gasteiger partial charge < -0.3 is 4.90 Å². The molecule has 1 aliphatic heterocycles. The molecule has 0 radical (unpaired) electrons. The molecule has 1 aromatic heterocycles. The van der Waals surface area contributed by atoms with Gasteiger partial charge in [0, 0.05) is 36.6 Å². The van der Waals surface area contributed by atoms with Crippen LogP contribution in [-0.2, 0) is 6.54 Å². The number of nitrogens with zero attached hydrogens (tertiary/aromatic N) is 3. The van der Waals surface area contributed by atoms with Gasteiger partial charge in [-0.2, -0.15) is 0 Å². The summed E-state index contributed by atoms with van der Waals surface area (Å²) < 4.78 is 0. The summed E-state index contributed by atoms with van der Waals surface area (Å²) in [4.78, 5) is 22.8. The summed E-state index contributed by atoms with van der Waals surface area (Å²) in [7, 11) is 0. The molecule has 0 atom stereocenters. The fraction of sp³-hybridized carbons (Fsp3) is 0.444. The fourth-order valence-corrected chi connectivity index (χ4v) is 3.76. The number of hydrogen-bond acceptors (Lipinski definition) is 4. The van der Waals surface area contributed by atoms with Crippen LogP contribution >= 0.6 is 11.3 Å². The first-order valence-corrected chi connectivity index (χ1v) is 8.86. The molecule has 1 aliphatic rings. The molecule has 5 heteroatoms. The van der Waals surface area contributed by atoms with Crippen LogP contribution in [0, 0.1) is 20.8 Å². The Kier molecular flexibility index (Phi) is 4.78. The lowest BCUT2D eigenvalue weighted by Gasteiger charge is -2.34. The summed E-state index contributed by atoms with van der Waals surface area (Å²) in [6.45, 7) is 10.5. The normalized spacial score (nSPS) is 15.9. The lowest BCUT2D eigenvalue weighted by atomic mass is 10.1. The van der Waals surface area contributed by atoms with Crippen LogP contribution in [0.1, 0.15) is 31.5 Å². The number of aromatic nitrogens is 1. The van der Waals surface area contributed by atoms with E-state index in [4.69, 9.17) is 0 Å². The Morgan fingerprint density at radius 3 is 2.30 bits per heavy atom. The third-order valence-corrected chi connectivity index (χ3v) is 5.45. The monoisotopic (exact) mass is 329 g/mol. The maximum absolute atomic E-state index is 12.5. The lowest BCUT2D eigenvalue weighted by molar-refractivity contribution is 0.0628. The first-order chi connectivity index (χ1) is 11.0. The molecule has 0 aliphatic carbocycles. The largest absolute Gasteiger partial charge is 0.336 e. The quantitative estimate of drug-likeness (QED) is 0.868. The maximum Gasteiger partial charge on any atom is 0.253 e. The second kappa shape index (κ2) is 6.81. The van der Waals surface area contributed by atoms with E-state index in [1.54, 1.807) is 11.3 Å². The Balaban J connectivity index is 1.55. The Hall–Kier alpha value is -1.72. The van der Waals surface area contributed by atoms with Crippen molar-refractivity contribution in [2.75, 3.05) is 26.2 Å². The molecule has 1 fully saturated rings. The molecule has 122 valence electrons. The molecule has 1 aromatic carbocycles. The minimum Gasteiger partial charge on any atom is -0.336 e. The van der Waals surface area contributed by atoms with Crippen LogP contribution in [0.15, 0.2) is 24.3 Å². The van der Waals surface area contributed by atoms with Crippen molar-refractivity contribution in [2.45, 2.75) is 27.3 Å². The predicted molar refractivity (Wildman–Crippen MR) is 93.9 cm³/mol. The zero-order chi connectivity index (χ0) is 16.4. The van der Waals surface area contributed by atoms with Crippen molar-refractivity contribution < 1.29 is 4.79 Å². The Bertz CT molecular complexity index is 665. The van der Waals surface area contributed by atoms with E-state index in [-0.39, 0.29) is 5.91 Å². The lowest BCUT2D eigenvalue weighted by Crippen LogP contribution is -2.48. The van der Waals surface area contributed by atoms with Crippen molar-refractivity contribution in [2.24, 2.45) is 0 Å². The maximum atomic E-state index is 12.5. The van der Waals surface area contributed by atoms with Gasteiger partial charge in [-0.1, -0.05) is 17.7 Å². The van der Waals surface area contributed by atoms with E-state index in [1.165, 1.54) is 15.4 Å². The van der Waals surface area contributed by atoms with E-state index >= 15 is 0 Å². The smallest absolute Gasteiger partial charge is 0.253 e. The van der Waals surface area contributed by atoms with Crippen molar-refractivity contribution in [1.29, 1.82) is 0 Å². The van der Waals surface area contributed by atoms with Crippen LogP contribution in [0.2, 0.25) is 0 Å². The number of piperazine rings is 1. The van der Waals surface area contributed by atoms with E-state index in [9.17, 15) is 4.79 Å². The topological polar surface area (TPSA) is 36.4 Å². The third kappa shape index (κ3) is 3.79. The van der Waals surface area contributed by atoms with Gasteiger partial charge in [-0.3, -0.25) is 9.69 Å². The number of carbonyl (C=O) groups is 1. The molecule has 23 heavy (non-hydrogen) atoms. The second-order valence-corrected chi connectivity index (χ2v) is 7.47. The van der Waals surface area contributed by atoms with Gasteiger partial charge in [0.2, 0.25) is 0 Å². The van der Waals surface area contributed by atoms with E-state index in [1.807, 2.05) is 36.1 Å². The average Bonchev–Trinajstić information content (AvgIpc) is 2.86. The van der Waals surface area contributed by atoms with E-state index < -0.39 is 0 Å².